The number of para-hydroxylation sites is 2. The van der Waals surface area contributed by atoms with Crippen molar-refractivity contribution in [2.45, 2.75) is 25.6 Å². The van der Waals surface area contributed by atoms with E-state index in [2.05, 4.69) is 15.3 Å². The van der Waals surface area contributed by atoms with Crippen LogP contribution in [-0.4, -0.2) is 26.3 Å². The molecule has 0 radical (unpaired) electrons. The monoisotopic (exact) mass is 411 g/mol. The standard InChI is InChI=1S/C24H21N5O2/c30-22(26-15-17-7-2-1-3-8-17)13-21-23(31)28(16-18-9-6-12-25-14-18)24-27-19-10-4-5-11-20(19)29(21)24/h1-12,14,21H,13,15-16H2,(H,26,30)/t21-/m0/s1. The summed E-state index contributed by atoms with van der Waals surface area (Å²) in [4.78, 5) is 36.5. The number of fused-ring (bicyclic) bond motifs is 3. The zero-order valence-corrected chi connectivity index (χ0v) is 16.8. The van der Waals surface area contributed by atoms with Crippen LogP contribution in [0.25, 0.3) is 11.0 Å². The van der Waals surface area contributed by atoms with Crippen molar-refractivity contribution in [3.05, 3.63) is 90.3 Å². The normalized spacial score (nSPS) is 15.3. The van der Waals surface area contributed by atoms with Gasteiger partial charge in [-0.25, -0.2) is 4.98 Å². The van der Waals surface area contributed by atoms with Gasteiger partial charge in [0, 0.05) is 18.9 Å². The number of hydrogen-bond acceptors (Lipinski definition) is 4. The number of amides is 2. The number of carbonyl (C=O) groups excluding carboxylic acids is 2. The van der Waals surface area contributed by atoms with Crippen molar-refractivity contribution in [1.82, 2.24) is 19.9 Å². The van der Waals surface area contributed by atoms with Crippen LogP contribution in [0.15, 0.2) is 79.1 Å². The van der Waals surface area contributed by atoms with Crippen LogP contribution in [0.1, 0.15) is 23.6 Å². The largest absolute Gasteiger partial charge is 0.352 e. The molecule has 7 nitrogen and oxygen atoms in total. The summed E-state index contributed by atoms with van der Waals surface area (Å²) in [6, 6.07) is 20.5. The average Bonchev–Trinajstić information content (AvgIpc) is 3.30. The van der Waals surface area contributed by atoms with Crippen molar-refractivity contribution in [2.75, 3.05) is 4.90 Å². The van der Waals surface area contributed by atoms with E-state index in [-0.39, 0.29) is 18.2 Å². The van der Waals surface area contributed by atoms with Crippen LogP contribution in [0.3, 0.4) is 0 Å². The summed E-state index contributed by atoms with van der Waals surface area (Å²) in [5, 5.41) is 2.93. The molecule has 7 heteroatoms. The molecule has 0 fully saturated rings. The Bertz CT molecular complexity index is 1240. The summed E-state index contributed by atoms with van der Waals surface area (Å²) in [6.45, 7) is 0.787. The number of carbonyl (C=O) groups is 2. The van der Waals surface area contributed by atoms with Crippen LogP contribution in [0.5, 0.6) is 0 Å². The van der Waals surface area contributed by atoms with Gasteiger partial charge in [0.25, 0.3) is 5.91 Å². The van der Waals surface area contributed by atoms with Gasteiger partial charge in [-0.3, -0.25) is 24.0 Å². The quantitative estimate of drug-likeness (QED) is 0.528. The van der Waals surface area contributed by atoms with Crippen molar-refractivity contribution in [2.24, 2.45) is 0 Å². The van der Waals surface area contributed by atoms with Crippen LogP contribution < -0.4 is 10.2 Å². The van der Waals surface area contributed by atoms with Gasteiger partial charge in [-0.15, -0.1) is 0 Å². The molecule has 1 aliphatic heterocycles. The predicted octanol–water partition coefficient (Wildman–Crippen LogP) is 3.23. The summed E-state index contributed by atoms with van der Waals surface area (Å²) in [6.07, 6.45) is 3.49. The molecular formula is C24H21N5O2. The zero-order valence-electron chi connectivity index (χ0n) is 16.8. The van der Waals surface area contributed by atoms with Gasteiger partial charge in [0.15, 0.2) is 0 Å². The maximum Gasteiger partial charge on any atom is 0.253 e. The first-order valence-electron chi connectivity index (χ1n) is 10.2. The van der Waals surface area contributed by atoms with Crippen molar-refractivity contribution in [1.29, 1.82) is 0 Å². The van der Waals surface area contributed by atoms with Gasteiger partial charge in [0.05, 0.1) is 24.0 Å². The number of nitrogens with zero attached hydrogens (tertiary/aromatic N) is 4. The number of pyridine rings is 1. The summed E-state index contributed by atoms with van der Waals surface area (Å²) < 4.78 is 1.89. The third kappa shape index (κ3) is 3.66. The highest BCUT2D eigenvalue weighted by atomic mass is 16.2. The van der Waals surface area contributed by atoms with E-state index < -0.39 is 6.04 Å². The molecule has 0 saturated carbocycles. The van der Waals surface area contributed by atoms with E-state index in [1.165, 1.54) is 0 Å². The molecule has 2 amide bonds. The highest BCUT2D eigenvalue weighted by Crippen LogP contribution is 2.37. The smallest absolute Gasteiger partial charge is 0.253 e. The van der Waals surface area contributed by atoms with Crippen LogP contribution in [0, 0.1) is 0 Å². The molecular weight excluding hydrogens is 390 g/mol. The third-order valence-electron chi connectivity index (χ3n) is 5.46. The van der Waals surface area contributed by atoms with Gasteiger partial charge in [0.1, 0.15) is 6.04 Å². The lowest BCUT2D eigenvalue weighted by Crippen LogP contribution is -2.32. The first-order valence-corrected chi connectivity index (χ1v) is 10.2. The molecule has 0 aliphatic carbocycles. The summed E-state index contributed by atoms with van der Waals surface area (Å²) in [5.41, 5.74) is 3.57. The molecule has 0 unspecified atom stereocenters. The second-order valence-electron chi connectivity index (χ2n) is 7.54. The van der Waals surface area contributed by atoms with Crippen LogP contribution in [-0.2, 0) is 22.7 Å². The van der Waals surface area contributed by atoms with E-state index >= 15 is 0 Å². The van der Waals surface area contributed by atoms with Crippen LogP contribution >= 0.6 is 0 Å². The number of aromatic nitrogens is 3. The molecule has 154 valence electrons. The first kappa shape index (κ1) is 19.0. The first-order chi connectivity index (χ1) is 15.2. The van der Waals surface area contributed by atoms with E-state index in [0.717, 1.165) is 22.2 Å². The fraction of sp³-hybridized carbons (Fsp3) is 0.167. The maximum atomic E-state index is 13.3. The minimum absolute atomic E-state index is 0.0581. The van der Waals surface area contributed by atoms with Crippen LogP contribution in [0.4, 0.5) is 5.95 Å². The molecule has 4 aromatic rings. The minimum Gasteiger partial charge on any atom is -0.352 e. The Hall–Kier alpha value is -4.00. The highest BCUT2D eigenvalue weighted by Gasteiger charge is 2.40. The Kier molecular flexibility index (Phi) is 4.92. The molecule has 2 aromatic heterocycles. The number of anilines is 1. The molecule has 0 spiro atoms. The molecule has 1 aliphatic rings. The lowest BCUT2D eigenvalue weighted by molar-refractivity contribution is -0.127. The Morgan fingerprint density at radius 2 is 1.74 bits per heavy atom. The SMILES string of the molecule is O=C(C[C@H]1C(=O)N(Cc2cccnc2)c2nc3ccccc3n21)NCc1ccccc1. The minimum atomic E-state index is -0.630. The lowest BCUT2D eigenvalue weighted by atomic mass is 10.1. The molecule has 0 saturated heterocycles. The topological polar surface area (TPSA) is 80.1 Å². The summed E-state index contributed by atoms with van der Waals surface area (Å²) in [7, 11) is 0. The Morgan fingerprint density at radius 1 is 0.968 bits per heavy atom. The number of hydrogen-bond donors (Lipinski definition) is 1. The average molecular weight is 411 g/mol. The van der Waals surface area contributed by atoms with E-state index in [4.69, 9.17) is 0 Å². The Morgan fingerprint density at radius 3 is 2.55 bits per heavy atom. The van der Waals surface area contributed by atoms with Gasteiger partial charge in [-0.05, 0) is 29.3 Å². The van der Waals surface area contributed by atoms with Crippen LogP contribution in [0.2, 0.25) is 0 Å². The van der Waals surface area contributed by atoms with Gasteiger partial charge in [-0.1, -0.05) is 48.5 Å². The van der Waals surface area contributed by atoms with Gasteiger partial charge >= 0.3 is 0 Å². The number of nitrogens with one attached hydrogen (secondary N) is 1. The molecule has 1 N–H and O–H groups in total. The van der Waals surface area contributed by atoms with Gasteiger partial charge in [-0.2, -0.15) is 0 Å². The Labute approximate surface area is 179 Å². The highest BCUT2D eigenvalue weighted by molar-refractivity contribution is 6.03. The van der Waals surface area contributed by atoms with Crippen molar-refractivity contribution < 1.29 is 9.59 Å². The fourth-order valence-electron chi connectivity index (χ4n) is 3.96. The lowest BCUT2D eigenvalue weighted by Gasteiger charge is -2.16. The third-order valence-corrected chi connectivity index (χ3v) is 5.46. The number of rotatable bonds is 6. The number of imidazole rings is 1. The van der Waals surface area contributed by atoms with E-state index in [0.29, 0.717) is 19.0 Å². The zero-order chi connectivity index (χ0) is 21.2. The molecule has 1 atom stereocenters. The maximum absolute atomic E-state index is 13.3. The Balaban J connectivity index is 1.42. The molecule has 5 rings (SSSR count). The fourth-order valence-corrected chi connectivity index (χ4v) is 3.96. The van der Waals surface area contributed by atoms with Gasteiger partial charge < -0.3 is 5.32 Å². The summed E-state index contributed by atoms with van der Waals surface area (Å²) >= 11 is 0. The van der Waals surface area contributed by atoms with E-state index in [9.17, 15) is 9.59 Å². The molecule has 3 heterocycles. The van der Waals surface area contributed by atoms with Crippen molar-refractivity contribution in [3.8, 4) is 0 Å². The summed E-state index contributed by atoms with van der Waals surface area (Å²) in [5.74, 6) is 0.261. The second kappa shape index (κ2) is 8.02. The predicted molar refractivity (Wildman–Crippen MR) is 117 cm³/mol. The van der Waals surface area contributed by atoms with Crippen molar-refractivity contribution in [3.63, 3.8) is 0 Å². The van der Waals surface area contributed by atoms with E-state index in [1.807, 2.05) is 71.3 Å². The second-order valence-corrected chi connectivity index (χ2v) is 7.54. The molecule has 31 heavy (non-hydrogen) atoms. The molecule has 2 aromatic carbocycles. The van der Waals surface area contributed by atoms with Gasteiger partial charge in [0.2, 0.25) is 11.9 Å². The van der Waals surface area contributed by atoms with Crippen molar-refractivity contribution >= 4 is 28.8 Å². The van der Waals surface area contributed by atoms with E-state index in [1.54, 1.807) is 17.3 Å². The molecule has 0 bridgehead atoms. The number of benzene rings is 2.